The molecule has 1 amide bonds. The summed E-state index contributed by atoms with van der Waals surface area (Å²) in [4.78, 5) is 11.9. The van der Waals surface area contributed by atoms with E-state index in [4.69, 9.17) is 11.6 Å². The van der Waals surface area contributed by atoms with Crippen molar-refractivity contribution in [2.24, 2.45) is 0 Å². The van der Waals surface area contributed by atoms with Gasteiger partial charge in [0.2, 0.25) is 5.91 Å². The van der Waals surface area contributed by atoms with Crippen molar-refractivity contribution in [2.45, 2.75) is 44.8 Å². The minimum Gasteiger partial charge on any atom is -0.355 e. The monoisotopic (exact) mass is 313 g/mol. The first-order chi connectivity index (χ1) is 9.10. The molecule has 4 heteroatoms. The van der Waals surface area contributed by atoms with Gasteiger partial charge in [-0.1, -0.05) is 58.4 Å². The van der Waals surface area contributed by atoms with Crippen molar-refractivity contribution in [3.63, 3.8) is 0 Å². The van der Waals surface area contributed by atoms with Gasteiger partial charge >= 0.3 is 0 Å². The van der Waals surface area contributed by atoms with Gasteiger partial charge < -0.3 is 5.32 Å². The number of hydrogen-bond donors (Lipinski definition) is 1. The van der Waals surface area contributed by atoms with E-state index in [1.165, 1.54) is 0 Å². The molecule has 0 atom stereocenters. The highest BCUT2D eigenvalue weighted by Gasteiger charge is 2.22. The Hall–Kier alpha value is -0.670. The largest absolute Gasteiger partial charge is 0.355 e. The molecule has 0 aliphatic rings. The molecule has 0 fully saturated rings. The van der Waals surface area contributed by atoms with Gasteiger partial charge in [0.1, 0.15) is 0 Å². The van der Waals surface area contributed by atoms with E-state index >= 15 is 0 Å². The van der Waals surface area contributed by atoms with Gasteiger partial charge in [-0.15, -0.1) is 11.8 Å². The molecule has 2 nitrogen and oxygen atoms in total. The van der Waals surface area contributed by atoms with Gasteiger partial charge in [-0.05, 0) is 17.7 Å². The highest BCUT2D eigenvalue weighted by Crippen LogP contribution is 2.25. The zero-order valence-electron chi connectivity index (χ0n) is 12.9. The SMILES string of the molecule is CC(C)(C)SCC(=O)NCC(C)(C)c1cccc(Cl)c1. The van der Waals surface area contributed by atoms with Crippen LogP contribution in [0.15, 0.2) is 24.3 Å². The Morgan fingerprint density at radius 3 is 2.45 bits per heavy atom. The number of rotatable bonds is 5. The second kappa shape index (κ2) is 6.86. The predicted molar refractivity (Wildman–Crippen MR) is 89.7 cm³/mol. The van der Waals surface area contributed by atoms with Crippen LogP contribution in [0.3, 0.4) is 0 Å². The molecule has 0 aliphatic heterocycles. The Labute approximate surface area is 131 Å². The topological polar surface area (TPSA) is 29.1 Å². The average Bonchev–Trinajstić information content (AvgIpc) is 2.33. The van der Waals surface area contributed by atoms with Crippen LogP contribution in [0.4, 0.5) is 0 Å². The van der Waals surface area contributed by atoms with Crippen LogP contribution in [0.1, 0.15) is 40.2 Å². The van der Waals surface area contributed by atoms with E-state index in [2.05, 4.69) is 39.9 Å². The van der Waals surface area contributed by atoms with Crippen LogP contribution in [0.2, 0.25) is 5.02 Å². The number of hydrogen-bond acceptors (Lipinski definition) is 2. The Bertz CT molecular complexity index is 466. The molecular weight excluding hydrogens is 290 g/mol. The molecule has 0 bridgehead atoms. The molecule has 1 rings (SSSR count). The minimum absolute atomic E-state index is 0.0834. The summed E-state index contributed by atoms with van der Waals surface area (Å²) in [6, 6.07) is 7.80. The summed E-state index contributed by atoms with van der Waals surface area (Å²) >= 11 is 7.68. The van der Waals surface area contributed by atoms with E-state index in [9.17, 15) is 4.79 Å². The third kappa shape index (κ3) is 6.19. The Morgan fingerprint density at radius 1 is 1.25 bits per heavy atom. The highest BCUT2D eigenvalue weighted by molar-refractivity contribution is 8.01. The molecular formula is C16H24ClNOS. The fourth-order valence-corrected chi connectivity index (χ4v) is 2.52. The summed E-state index contributed by atoms with van der Waals surface area (Å²) in [5.41, 5.74) is 1.00. The van der Waals surface area contributed by atoms with Gasteiger partial charge in [0.05, 0.1) is 5.75 Å². The third-order valence-corrected chi connectivity index (χ3v) is 4.48. The van der Waals surface area contributed by atoms with Crippen LogP contribution in [0, 0.1) is 0 Å². The number of amides is 1. The molecule has 0 aliphatic carbocycles. The lowest BCUT2D eigenvalue weighted by atomic mass is 9.84. The third-order valence-electron chi connectivity index (χ3n) is 2.97. The van der Waals surface area contributed by atoms with Gasteiger partial charge in [-0.2, -0.15) is 0 Å². The summed E-state index contributed by atoms with van der Waals surface area (Å²) in [6.45, 7) is 11.2. The van der Waals surface area contributed by atoms with E-state index in [1.807, 2.05) is 24.3 Å². The normalized spacial score (nSPS) is 12.3. The van der Waals surface area contributed by atoms with E-state index in [0.717, 1.165) is 10.6 Å². The van der Waals surface area contributed by atoms with Crippen molar-refractivity contribution in [3.05, 3.63) is 34.9 Å². The number of benzene rings is 1. The molecule has 1 N–H and O–H groups in total. The van der Waals surface area contributed by atoms with E-state index in [-0.39, 0.29) is 16.1 Å². The molecule has 0 heterocycles. The molecule has 20 heavy (non-hydrogen) atoms. The lowest BCUT2D eigenvalue weighted by Gasteiger charge is -2.26. The second-order valence-electron chi connectivity index (χ2n) is 6.57. The summed E-state index contributed by atoms with van der Waals surface area (Å²) in [5.74, 6) is 0.579. The van der Waals surface area contributed by atoms with Crippen molar-refractivity contribution in [2.75, 3.05) is 12.3 Å². The molecule has 0 saturated heterocycles. The molecule has 1 aromatic rings. The molecule has 112 valence electrons. The van der Waals surface area contributed by atoms with Crippen LogP contribution in [0.5, 0.6) is 0 Å². The first kappa shape index (κ1) is 17.4. The highest BCUT2D eigenvalue weighted by atomic mass is 35.5. The summed E-state index contributed by atoms with van der Waals surface area (Å²) in [5, 5.41) is 3.74. The summed E-state index contributed by atoms with van der Waals surface area (Å²) < 4.78 is 0.111. The second-order valence-corrected chi connectivity index (χ2v) is 8.81. The maximum Gasteiger partial charge on any atom is 0.230 e. The van der Waals surface area contributed by atoms with Crippen molar-refractivity contribution in [1.82, 2.24) is 5.32 Å². The zero-order valence-corrected chi connectivity index (χ0v) is 14.5. The van der Waals surface area contributed by atoms with Crippen LogP contribution >= 0.6 is 23.4 Å². The van der Waals surface area contributed by atoms with Crippen molar-refractivity contribution < 1.29 is 4.79 Å². The predicted octanol–water partition coefficient (Wildman–Crippen LogP) is 4.27. The van der Waals surface area contributed by atoms with Crippen LogP contribution in [-0.4, -0.2) is 23.0 Å². The van der Waals surface area contributed by atoms with Crippen molar-refractivity contribution in [1.29, 1.82) is 0 Å². The Balaban J connectivity index is 2.53. The van der Waals surface area contributed by atoms with Gasteiger partial charge in [0.25, 0.3) is 0 Å². The fourth-order valence-electron chi connectivity index (χ4n) is 1.66. The van der Waals surface area contributed by atoms with Gasteiger partial charge in [-0.3, -0.25) is 4.79 Å². The van der Waals surface area contributed by atoms with E-state index < -0.39 is 0 Å². The molecule has 0 aromatic heterocycles. The number of nitrogens with one attached hydrogen (secondary N) is 1. The zero-order chi connectivity index (χ0) is 15.4. The van der Waals surface area contributed by atoms with E-state index in [1.54, 1.807) is 11.8 Å². The van der Waals surface area contributed by atoms with Crippen LogP contribution in [-0.2, 0) is 10.2 Å². The first-order valence-electron chi connectivity index (χ1n) is 6.77. The minimum atomic E-state index is -0.132. The van der Waals surface area contributed by atoms with Crippen LogP contribution < -0.4 is 5.32 Å². The molecule has 0 radical (unpaired) electrons. The number of carbonyl (C=O) groups excluding carboxylic acids is 1. The van der Waals surface area contributed by atoms with E-state index in [0.29, 0.717) is 12.3 Å². The van der Waals surface area contributed by atoms with Crippen LogP contribution in [0.25, 0.3) is 0 Å². The Morgan fingerprint density at radius 2 is 1.90 bits per heavy atom. The molecule has 1 aromatic carbocycles. The molecule has 0 unspecified atom stereocenters. The lowest BCUT2D eigenvalue weighted by Crippen LogP contribution is -2.38. The first-order valence-corrected chi connectivity index (χ1v) is 8.13. The quantitative estimate of drug-likeness (QED) is 0.879. The summed E-state index contributed by atoms with van der Waals surface area (Å²) in [7, 11) is 0. The van der Waals surface area contributed by atoms with Crippen molar-refractivity contribution in [3.8, 4) is 0 Å². The Kier molecular flexibility index (Phi) is 5.96. The van der Waals surface area contributed by atoms with Gasteiger partial charge in [-0.25, -0.2) is 0 Å². The summed E-state index contributed by atoms with van der Waals surface area (Å²) in [6.07, 6.45) is 0. The van der Waals surface area contributed by atoms with Crippen molar-refractivity contribution >= 4 is 29.3 Å². The maximum absolute atomic E-state index is 11.9. The number of thioether (sulfide) groups is 1. The van der Waals surface area contributed by atoms with Gasteiger partial charge in [0.15, 0.2) is 0 Å². The van der Waals surface area contributed by atoms with Gasteiger partial charge in [0, 0.05) is 21.7 Å². The average molecular weight is 314 g/mol. The number of carbonyl (C=O) groups is 1. The molecule has 0 spiro atoms. The maximum atomic E-state index is 11.9. The number of halogens is 1. The standard InChI is InChI=1S/C16H24ClNOS/c1-15(2,3)20-10-14(19)18-11-16(4,5)12-7-6-8-13(17)9-12/h6-9H,10-11H2,1-5H3,(H,18,19). The smallest absolute Gasteiger partial charge is 0.230 e. The fraction of sp³-hybridized carbons (Fsp3) is 0.562. The molecule has 0 saturated carbocycles. The lowest BCUT2D eigenvalue weighted by molar-refractivity contribution is -0.118.